The lowest BCUT2D eigenvalue weighted by Crippen LogP contribution is -2.42. The van der Waals surface area contributed by atoms with Crippen LogP contribution < -0.4 is 16.4 Å². The number of fused-ring (bicyclic) bond motifs is 3. The molecule has 0 saturated carbocycles. The molecule has 0 radical (unpaired) electrons. The van der Waals surface area contributed by atoms with Crippen molar-refractivity contribution in [1.82, 2.24) is 15.5 Å². The molecule has 10 heteroatoms. The molecule has 5 aliphatic rings. The van der Waals surface area contributed by atoms with Crippen LogP contribution >= 0.6 is 11.3 Å². The van der Waals surface area contributed by atoms with Crippen molar-refractivity contribution in [3.05, 3.63) is 56.5 Å². The number of rotatable bonds is 1. The van der Waals surface area contributed by atoms with Gasteiger partial charge in [0.1, 0.15) is 22.9 Å². The normalized spacial score (nSPS) is 26.4. The Hall–Kier alpha value is -3.16. The monoisotopic (exact) mass is 454 g/mol. The number of ether oxygens (including phenoxy) is 1. The Kier molecular flexibility index (Phi) is 4.38. The van der Waals surface area contributed by atoms with Gasteiger partial charge in [0, 0.05) is 42.2 Å². The molecule has 2 atom stereocenters. The average molecular weight is 455 g/mol. The molecule has 1 aromatic rings. The summed E-state index contributed by atoms with van der Waals surface area (Å²) in [5.74, 6) is -0.263. The molecule has 6 rings (SSSR count). The zero-order valence-corrected chi connectivity index (χ0v) is 17.9. The van der Waals surface area contributed by atoms with Crippen LogP contribution in [0.2, 0.25) is 0 Å². The van der Waals surface area contributed by atoms with Crippen molar-refractivity contribution in [2.24, 2.45) is 4.99 Å². The van der Waals surface area contributed by atoms with Crippen LogP contribution in [-0.2, 0) is 4.74 Å². The highest BCUT2D eigenvalue weighted by Crippen LogP contribution is 2.50. The molecule has 1 fully saturated rings. The first-order valence-corrected chi connectivity index (χ1v) is 11.3. The number of guanidine groups is 1. The molecule has 4 N–H and O–H groups in total. The van der Waals surface area contributed by atoms with Gasteiger partial charge in [-0.3, -0.25) is 0 Å². The molecule has 0 spiro atoms. The third-order valence-electron chi connectivity index (χ3n) is 6.59. The summed E-state index contributed by atoms with van der Waals surface area (Å²) in [7, 11) is 0. The van der Waals surface area contributed by atoms with Crippen molar-refractivity contribution >= 4 is 28.1 Å². The van der Waals surface area contributed by atoms with E-state index >= 15 is 4.39 Å². The van der Waals surface area contributed by atoms with Gasteiger partial charge in [0.05, 0.1) is 29.7 Å². The zero-order valence-electron chi connectivity index (χ0n) is 17.0. The summed E-state index contributed by atoms with van der Waals surface area (Å²) < 4.78 is 36.5. The number of likely N-dealkylation sites (tertiary alicyclic amines) is 1. The van der Waals surface area contributed by atoms with E-state index in [2.05, 4.69) is 21.6 Å². The van der Waals surface area contributed by atoms with Gasteiger partial charge in [-0.15, -0.1) is 11.3 Å². The Morgan fingerprint density at radius 2 is 2.00 bits per heavy atom. The van der Waals surface area contributed by atoms with E-state index in [1.165, 1.54) is 6.20 Å². The van der Waals surface area contributed by atoms with E-state index in [0.717, 1.165) is 54.0 Å². The molecule has 1 aromatic heterocycles. The van der Waals surface area contributed by atoms with Gasteiger partial charge in [-0.05, 0) is 24.0 Å². The molecule has 164 valence electrons. The van der Waals surface area contributed by atoms with Crippen molar-refractivity contribution < 1.29 is 13.5 Å². The van der Waals surface area contributed by atoms with E-state index in [4.69, 9.17) is 15.5 Å². The molecule has 2 unspecified atom stereocenters. The molecule has 7 nitrogen and oxygen atoms in total. The Morgan fingerprint density at radius 3 is 2.78 bits per heavy atom. The number of nitriles is 1. The Bertz CT molecular complexity index is 1230. The first kappa shape index (κ1) is 19.5. The number of nitrogens with one attached hydrogen (secondary N) is 2. The van der Waals surface area contributed by atoms with Gasteiger partial charge in [0.25, 0.3) is 0 Å². The maximum atomic E-state index is 16.2. The van der Waals surface area contributed by atoms with Crippen molar-refractivity contribution in [3.8, 4) is 6.07 Å². The SMILES string of the molecule is N#Cc1c(N)sc2c1C(C1=C(F)C3N=C(N4CCCC4)NC=C3C3=C1COC3)NC=C2F. The van der Waals surface area contributed by atoms with Gasteiger partial charge in [-0.25, -0.2) is 13.8 Å². The van der Waals surface area contributed by atoms with Crippen molar-refractivity contribution in [3.63, 3.8) is 0 Å². The number of nitrogen functional groups attached to an aromatic ring is 1. The zero-order chi connectivity index (χ0) is 22.0. The minimum atomic E-state index is -0.801. The third kappa shape index (κ3) is 2.68. The molecule has 4 aliphatic heterocycles. The van der Waals surface area contributed by atoms with E-state index in [9.17, 15) is 9.65 Å². The van der Waals surface area contributed by atoms with Crippen LogP contribution in [0.1, 0.15) is 34.9 Å². The fourth-order valence-corrected chi connectivity index (χ4v) is 6.06. The summed E-state index contributed by atoms with van der Waals surface area (Å²) in [6.45, 7) is 2.36. The largest absolute Gasteiger partial charge is 0.389 e. The van der Waals surface area contributed by atoms with Crippen LogP contribution in [0.5, 0.6) is 0 Å². The van der Waals surface area contributed by atoms with E-state index < -0.39 is 23.7 Å². The summed E-state index contributed by atoms with van der Waals surface area (Å²) in [5.41, 5.74) is 9.30. The highest BCUT2D eigenvalue weighted by molar-refractivity contribution is 7.17. The van der Waals surface area contributed by atoms with Gasteiger partial charge in [0.15, 0.2) is 11.8 Å². The second-order valence-corrected chi connectivity index (χ2v) is 9.35. The highest BCUT2D eigenvalue weighted by Gasteiger charge is 2.43. The summed E-state index contributed by atoms with van der Waals surface area (Å²) in [6, 6.07) is 0.522. The first-order valence-electron chi connectivity index (χ1n) is 10.5. The average Bonchev–Trinajstić information content (AvgIpc) is 3.55. The summed E-state index contributed by atoms with van der Waals surface area (Å²) >= 11 is 1.01. The minimum Gasteiger partial charge on any atom is -0.389 e. The molecule has 1 aliphatic carbocycles. The smallest absolute Gasteiger partial charge is 0.199 e. The van der Waals surface area contributed by atoms with Gasteiger partial charge in [-0.2, -0.15) is 5.26 Å². The Labute approximate surface area is 187 Å². The molecule has 5 heterocycles. The number of halogens is 2. The number of anilines is 1. The predicted molar refractivity (Wildman–Crippen MR) is 118 cm³/mol. The molecule has 32 heavy (non-hydrogen) atoms. The predicted octanol–water partition coefficient (Wildman–Crippen LogP) is 2.99. The van der Waals surface area contributed by atoms with Crippen molar-refractivity contribution in [1.29, 1.82) is 5.26 Å². The number of nitrogens with zero attached hydrogens (tertiary/aromatic N) is 3. The van der Waals surface area contributed by atoms with Crippen LogP contribution in [0.25, 0.3) is 5.83 Å². The van der Waals surface area contributed by atoms with Crippen LogP contribution in [0.4, 0.5) is 13.8 Å². The van der Waals surface area contributed by atoms with Crippen molar-refractivity contribution in [2.45, 2.75) is 24.9 Å². The fourth-order valence-electron chi connectivity index (χ4n) is 5.09. The third-order valence-corrected chi connectivity index (χ3v) is 7.63. The van der Waals surface area contributed by atoms with Gasteiger partial charge < -0.3 is 26.0 Å². The standard InChI is InChI=1S/C22H20F2N6OS/c23-14-7-27-19(16-10(5-25)21(26)32-20(14)16)15-13-9-31-8-12(13)11-6-28-22(29-18(11)17(15)24)30-3-1-2-4-30/h6-7,18-19,27H,1-4,8-9,26H2,(H,28,29). The lowest BCUT2D eigenvalue weighted by atomic mass is 9.79. The number of thiophene rings is 1. The minimum absolute atomic E-state index is 0.181. The molecule has 0 aromatic carbocycles. The molecule has 0 amide bonds. The second-order valence-electron chi connectivity index (χ2n) is 8.29. The lowest BCUT2D eigenvalue weighted by Gasteiger charge is -2.34. The number of nitrogens with two attached hydrogens (primary N) is 1. The number of hydrogen-bond acceptors (Lipinski definition) is 8. The van der Waals surface area contributed by atoms with E-state index in [1.807, 2.05) is 6.20 Å². The number of aliphatic imine (C=N–C) groups is 1. The van der Waals surface area contributed by atoms with Crippen LogP contribution in [0, 0.1) is 11.3 Å². The fraction of sp³-hybridized carbons (Fsp3) is 0.364. The van der Waals surface area contributed by atoms with E-state index in [0.29, 0.717) is 23.7 Å². The maximum Gasteiger partial charge on any atom is 0.199 e. The van der Waals surface area contributed by atoms with Gasteiger partial charge >= 0.3 is 0 Å². The number of hydrogen-bond donors (Lipinski definition) is 3. The Morgan fingerprint density at radius 1 is 1.22 bits per heavy atom. The van der Waals surface area contributed by atoms with Gasteiger partial charge in [-0.1, -0.05) is 0 Å². The molecular weight excluding hydrogens is 434 g/mol. The topological polar surface area (TPSA) is 98.7 Å². The van der Waals surface area contributed by atoms with E-state index in [-0.39, 0.29) is 22.0 Å². The highest BCUT2D eigenvalue weighted by atomic mass is 32.1. The summed E-state index contributed by atoms with van der Waals surface area (Å²) in [6.07, 6.45) is 5.21. The van der Waals surface area contributed by atoms with Crippen LogP contribution in [-0.4, -0.2) is 43.2 Å². The molecule has 0 bridgehead atoms. The quantitative estimate of drug-likeness (QED) is 0.604. The van der Waals surface area contributed by atoms with E-state index in [1.54, 1.807) is 0 Å². The second kappa shape index (κ2) is 7.18. The first-order chi connectivity index (χ1) is 15.6. The van der Waals surface area contributed by atoms with Crippen molar-refractivity contribution in [2.75, 3.05) is 32.0 Å². The maximum absolute atomic E-state index is 16.2. The van der Waals surface area contributed by atoms with Crippen LogP contribution in [0.15, 0.2) is 45.5 Å². The van der Waals surface area contributed by atoms with Gasteiger partial charge in [0.2, 0.25) is 0 Å². The molecular formula is C22H20F2N6OS. The Balaban J connectivity index is 1.51. The summed E-state index contributed by atoms with van der Waals surface area (Å²) in [5, 5.41) is 16.1. The van der Waals surface area contributed by atoms with Crippen LogP contribution in [0.3, 0.4) is 0 Å². The summed E-state index contributed by atoms with van der Waals surface area (Å²) in [4.78, 5) is 7.11. The molecule has 1 saturated heterocycles. The lowest BCUT2D eigenvalue weighted by molar-refractivity contribution is 0.205.